The van der Waals surface area contributed by atoms with Crippen molar-refractivity contribution in [1.82, 2.24) is 0 Å². The molecule has 1 fully saturated rings. The van der Waals surface area contributed by atoms with Crippen LogP contribution >= 0.6 is 15.9 Å². The van der Waals surface area contributed by atoms with E-state index in [9.17, 15) is 0 Å². The molecule has 96 valence electrons. The van der Waals surface area contributed by atoms with Gasteiger partial charge in [0, 0.05) is 16.0 Å². The molecular formula is C16H19BrO. The Morgan fingerprint density at radius 3 is 2.78 bits per heavy atom. The Labute approximate surface area is 117 Å². The number of hydrogen-bond acceptors (Lipinski definition) is 1. The molecule has 1 aliphatic heterocycles. The van der Waals surface area contributed by atoms with Crippen molar-refractivity contribution in [2.24, 2.45) is 0 Å². The van der Waals surface area contributed by atoms with Crippen molar-refractivity contribution in [2.45, 2.75) is 50.0 Å². The van der Waals surface area contributed by atoms with Gasteiger partial charge < -0.3 is 4.74 Å². The fourth-order valence-corrected chi connectivity index (χ4v) is 3.78. The van der Waals surface area contributed by atoms with Crippen molar-refractivity contribution in [3.8, 4) is 5.75 Å². The van der Waals surface area contributed by atoms with E-state index >= 15 is 0 Å². The highest BCUT2D eigenvalue weighted by Crippen LogP contribution is 2.47. The molecule has 1 saturated carbocycles. The van der Waals surface area contributed by atoms with E-state index in [4.69, 9.17) is 4.74 Å². The summed E-state index contributed by atoms with van der Waals surface area (Å²) in [6.07, 6.45) is 9.55. The van der Waals surface area contributed by atoms with E-state index in [-0.39, 0.29) is 5.60 Å². The van der Waals surface area contributed by atoms with Gasteiger partial charge in [0.15, 0.2) is 0 Å². The maximum Gasteiger partial charge on any atom is 0.124 e. The van der Waals surface area contributed by atoms with E-state index in [0.29, 0.717) is 5.92 Å². The molecule has 0 radical (unpaired) electrons. The summed E-state index contributed by atoms with van der Waals surface area (Å²) in [5.41, 5.74) is 1.37. The molecule has 1 nitrogen and oxygen atoms in total. The molecular weight excluding hydrogens is 288 g/mol. The first-order valence-corrected chi connectivity index (χ1v) is 7.63. The second-order valence-corrected chi connectivity index (χ2v) is 6.49. The van der Waals surface area contributed by atoms with Gasteiger partial charge in [0.1, 0.15) is 11.4 Å². The van der Waals surface area contributed by atoms with E-state index in [2.05, 4.69) is 46.8 Å². The number of halogens is 1. The Hall–Kier alpha value is -0.760. The van der Waals surface area contributed by atoms with E-state index < -0.39 is 0 Å². The second kappa shape index (κ2) is 4.73. The summed E-state index contributed by atoms with van der Waals surface area (Å²) in [5, 5.41) is 0. The Kier molecular flexibility index (Phi) is 3.23. The van der Waals surface area contributed by atoms with Gasteiger partial charge in [0.05, 0.1) is 0 Å². The van der Waals surface area contributed by atoms with Crippen LogP contribution in [-0.4, -0.2) is 5.60 Å². The minimum absolute atomic E-state index is 0.0813. The number of rotatable bonds is 1. The highest BCUT2D eigenvalue weighted by atomic mass is 79.9. The molecule has 1 unspecified atom stereocenters. The van der Waals surface area contributed by atoms with Gasteiger partial charge in [-0.3, -0.25) is 0 Å². The normalized spacial score (nSPS) is 25.3. The summed E-state index contributed by atoms with van der Waals surface area (Å²) in [7, 11) is 0. The Balaban J connectivity index is 1.98. The minimum atomic E-state index is 0.0813. The Morgan fingerprint density at radius 2 is 2.06 bits per heavy atom. The lowest BCUT2D eigenvalue weighted by Crippen LogP contribution is -2.42. The van der Waals surface area contributed by atoms with Crippen LogP contribution in [0.1, 0.15) is 50.0 Å². The highest BCUT2D eigenvalue weighted by Gasteiger charge is 2.40. The van der Waals surface area contributed by atoms with Crippen LogP contribution in [0.4, 0.5) is 0 Å². The number of ether oxygens (including phenoxy) is 1. The maximum atomic E-state index is 6.38. The molecule has 1 atom stereocenters. The lowest BCUT2D eigenvalue weighted by atomic mass is 9.74. The van der Waals surface area contributed by atoms with E-state index in [0.717, 1.165) is 16.6 Å². The lowest BCUT2D eigenvalue weighted by molar-refractivity contribution is 0.00604. The van der Waals surface area contributed by atoms with Gasteiger partial charge >= 0.3 is 0 Å². The molecule has 0 saturated heterocycles. The summed E-state index contributed by atoms with van der Waals surface area (Å²) < 4.78 is 7.50. The van der Waals surface area contributed by atoms with Crippen LogP contribution in [0.5, 0.6) is 5.75 Å². The van der Waals surface area contributed by atoms with Gasteiger partial charge in [-0.05, 0) is 50.3 Å². The zero-order valence-electron chi connectivity index (χ0n) is 10.6. The van der Waals surface area contributed by atoms with Gasteiger partial charge in [-0.25, -0.2) is 0 Å². The van der Waals surface area contributed by atoms with Crippen LogP contribution in [-0.2, 0) is 0 Å². The van der Waals surface area contributed by atoms with Gasteiger partial charge in [0.25, 0.3) is 0 Å². The molecule has 2 heteroatoms. The first-order valence-electron chi connectivity index (χ1n) is 6.83. The number of fused-ring (bicyclic) bond motifs is 1. The molecule has 0 amide bonds. The van der Waals surface area contributed by atoms with Crippen molar-refractivity contribution < 1.29 is 4.74 Å². The summed E-state index contributed by atoms with van der Waals surface area (Å²) in [6.45, 7) is 4.02. The molecule has 1 aliphatic carbocycles. The van der Waals surface area contributed by atoms with Crippen LogP contribution in [0.15, 0.2) is 35.3 Å². The van der Waals surface area contributed by atoms with Crippen molar-refractivity contribution >= 4 is 15.9 Å². The Morgan fingerprint density at radius 1 is 1.28 bits per heavy atom. The molecule has 0 bridgehead atoms. The lowest BCUT2D eigenvalue weighted by Gasteiger charge is -2.44. The standard InChI is InChI=1S/C16H19BrO/c1-2-12-11-16(8-4-3-5-9-16)18-15-7-6-13(17)10-14(12)15/h2,6-7,10,12H,1,3-5,8-9,11H2. The Bertz CT molecular complexity index is 460. The molecule has 3 rings (SSSR count). The monoisotopic (exact) mass is 306 g/mol. The maximum absolute atomic E-state index is 6.38. The fourth-order valence-electron chi connectivity index (χ4n) is 3.40. The fraction of sp³-hybridized carbons (Fsp3) is 0.500. The molecule has 18 heavy (non-hydrogen) atoms. The molecule has 1 spiro atoms. The smallest absolute Gasteiger partial charge is 0.124 e. The molecule has 2 aliphatic rings. The van der Waals surface area contributed by atoms with Crippen molar-refractivity contribution in [3.05, 3.63) is 40.9 Å². The SMILES string of the molecule is C=CC1CC2(CCCCC2)Oc2ccc(Br)cc21. The molecule has 1 aromatic carbocycles. The summed E-state index contributed by atoms with van der Waals surface area (Å²) >= 11 is 3.54. The summed E-state index contributed by atoms with van der Waals surface area (Å²) in [6, 6.07) is 6.35. The summed E-state index contributed by atoms with van der Waals surface area (Å²) in [5.74, 6) is 1.50. The predicted octanol–water partition coefficient (Wildman–Crippen LogP) is 5.20. The summed E-state index contributed by atoms with van der Waals surface area (Å²) in [4.78, 5) is 0. The molecule has 1 aromatic rings. The third-order valence-corrected chi connectivity index (χ3v) is 4.83. The molecule has 0 N–H and O–H groups in total. The third kappa shape index (κ3) is 2.11. The largest absolute Gasteiger partial charge is 0.487 e. The minimum Gasteiger partial charge on any atom is -0.487 e. The van der Waals surface area contributed by atoms with Gasteiger partial charge in [-0.15, -0.1) is 6.58 Å². The quantitative estimate of drug-likeness (QED) is 0.648. The zero-order valence-corrected chi connectivity index (χ0v) is 12.2. The van der Waals surface area contributed by atoms with Crippen molar-refractivity contribution in [1.29, 1.82) is 0 Å². The number of allylic oxidation sites excluding steroid dienone is 1. The van der Waals surface area contributed by atoms with Gasteiger partial charge in [-0.1, -0.05) is 28.4 Å². The topological polar surface area (TPSA) is 9.23 Å². The van der Waals surface area contributed by atoms with E-state index in [1.54, 1.807) is 0 Å². The molecule has 0 aromatic heterocycles. The predicted molar refractivity (Wildman–Crippen MR) is 78.1 cm³/mol. The van der Waals surface area contributed by atoms with E-state index in [1.807, 2.05) is 0 Å². The van der Waals surface area contributed by atoms with Crippen molar-refractivity contribution in [3.63, 3.8) is 0 Å². The van der Waals surface area contributed by atoms with Crippen LogP contribution < -0.4 is 4.74 Å². The number of benzene rings is 1. The first-order chi connectivity index (χ1) is 8.72. The second-order valence-electron chi connectivity index (χ2n) is 5.57. The first kappa shape index (κ1) is 12.3. The van der Waals surface area contributed by atoms with E-state index in [1.165, 1.54) is 37.7 Å². The van der Waals surface area contributed by atoms with Gasteiger partial charge in [0.2, 0.25) is 0 Å². The van der Waals surface area contributed by atoms with Crippen LogP contribution in [0.25, 0.3) is 0 Å². The van der Waals surface area contributed by atoms with Gasteiger partial charge in [-0.2, -0.15) is 0 Å². The van der Waals surface area contributed by atoms with Crippen LogP contribution in [0.3, 0.4) is 0 Å². The average Bonchev–Trinajstić information content (AvgIpc) is 2.39. The zero-order chi connectivity index (χ0) is 12.6. The average molecular weight is 307 g/mol. The highest BCUT2D eigenvalue weighted by molar-refractivity contribution is 9.10. The number of hydrogen-bond donors (Lipinski definition) is 0. The van der Waals surface area contributed by atoms with Crippen LogP contribution in [0.2, 0.25) is 0 Å². The molecule has 1 heterocycles. The van der Waals surface area contributed by atoms with Crippen LogP contribution in [0, 0.1) is 0 Å². The van der Waals surface area contributed by atoms with Crippen molar-refractivity contribution in [2.75, 3.05) is 0 Å². The third-order valence-electron chi connectivity index (χ3n) is 4.34.